The number of hydrogen-bond acceptors (Lipinski definition) is 9. The van der Waals surface area contributed by atoms with Crippen LogP contribution in [-0.4, -0.2) is 83.4 Å². The average Bonchev–Trinajstić information content (AvgIpc) is 3.23. The number of carbonyl (C=O) groups is 2. The summed E-state index contributed by atoms with van der Waals surface area (Å²) in [5.74, 6) is -3.09. The zero-order valence-electron chi connectivity index (χ0n) is 26.1. The van der Waals surface area contributed by atoms with Crippen LogP contribution in [0.2, 0.25) is 0 Å². The number of ether oxygens (including phenoxy) is 5. The Labute approximate surface area is 252 Å². The molecule has 4 fully saturated rings. The molecular formula is C33H45FO9. The van der Waals surface area contributed by atoms with Crippen LogP contribution in [0.3, 0.4) is 0 Å². The maximum Gasteiger partial charge on any atom is 0.338 e. The predicted molar refractivity (Wildman–Crippen MR) is 154 cm³/mol. The van der Waals surface area contributed by atoms with Crippen LogP contribution < -0.4 is 0 Å². The van der Waals surface area contributed by atoms with Crippen molar-refractivity contribution < 1.29 is 47.9 Å². The molecule has 43 heavy (non-hydrogen) atoms. The van der Waals surface area contributed by atoms with Gasteiger partial charge in [0.1, 0.15) is 24.5 Å². The van der Waals surface area contributed by atoms with E-state index in [1.165, 1.54) is 6.92 Å². The summed E-state index contributed by atoms with van der Waals surface area (Å²) < 4.78 is 48.3. The van der Waals surface area contributed by atoms with E-state index in [-0.39, 0.29) is 32.5 Å². The molecule has 10 heteroatoms. The van der Waals surface area contributed by atoms with Gasteiger partial charge in [-0.05, 0) is 55.9 Å². The van der Waals surface area contributed by atoms with Crippen molar-refractivity contribution in [3.63, 3.8) is 0 Å². The minimum Gasteiger partial charge on any atom is -0.458 e. The lowest BCUT2D eigenvalue weighted by Gasteiger charge is -2.65. The highest BCUT2D eigenvalue weighted by atomic mass is 19.1. The first-order chi connectivity index (χ1) is 20.1. The van der Waals surface area contributed by atoms with Gasteiger partial charge in [0.2, 0.25) is 0 Å². The third kappa shape index (κ3) is 5.33. The van der Waals surface area contributed by atoms with Crippen LogP contribution in [0.4, 0.5) is 4.39 Å². The summed E-state index contributed by atoms with van der Waals surface area (Å²) in [6.07, 6.45) is -5.54. The van der Waals surface area contributed by atoms with Crippen LogP contribution in [0.1, 0.15) is 78.1 Å². The third-order valence-electron chi connectivity index (χ3n) is 10.1. The number of aliphatic hydroxyl groups is 2. The second-order valence-corrected chi connectivity index (χ2v) is 13.9. The van der Waals surface area contributed by atoms with Crippen LogP contribution >= 0.6 is 0 Å². The Bertz CT molecular complexity index is 1260. The highest BCUT2D eigenvalue weighted by Gasteiger charge is 2.75. The fraction of sp³-hybridized carbons (Fsp3) is 0.697. The molecule has 2 aliphatic carbocycles. The van der Waals surface area contributed by atoms with Gasteiger partial charge in [-0.3, -0.25) is 4.79 Å². The zero-order chi connectivity index (χ0) is 31.5. The van der Waals surface area contributed by atoms with Gasteiger partial charge in [-0.15, -0.1) is 0 Å². The topological polar surface area (TPSA) is 121 Å². The molecule has 0 spiro atoms. The summed E-state index contributed by atoms with van der Waals surface area (Å²) >= 11 is 0. The molecule has 2 aliphatic heterocycles. The first kappa shape index (κ1) is 32.0. The smallest absolute Gasteiger partial charge is 0.338 e. The maximum atomic E-state index is 16.9. The summed E-state index contributed by atoms with van der Waals surface area (Å²) in [7, 11) is 0. The fourth-order valence-electron chi connectivity index (χ4n) is 8.29. The zero-order valence-corrected chi connectivity index (χ0v) is 26.1. The van der Waals surface area contributed by atoms with Gasteiger partial charge in [-0.1, -0.05) is 39.0 Å². The van der Waals surface area contributed by atoms with Crippen molar-refractivity contribution in [2.24, 2.45) is 16.7 Å². The van der Waals surface area contributed by atoms with Crippen LogP contribution in [-0.2, 0) is 28.5 Å². The second-order valence-electron chi connectivity index (χ2n) is 13.9. The van der Waals surface area contributed by atoms with E-state index in [1.807, 2.05) is 13.8 Å². The summed E-state index contributed by atoms with van der Waals surface area (Å²) in [6.45, 7) is 12.1. The van der Waals surface area contributed by atoms with E-state index in [0.29, 0.717) is 16.7 Å². The van der Waals surface area contributed by atoms with Gasteiger partial charge in [0.05, 0.1) is 30.3 Å². The van der Waals surface area contributed by atoms with Gasteiger partial charge in [0, 0.05) is 31.8 Å². The number of esters is 2. The molecule has 5 rings (SSSR count). The Kier molecular flexibility index (Phi) is 8.35. The summed E-state index contributed by atoms with van der Waals surface area (Å²) in [4.78, 5) is 26.3. The number of fused-ring (bicyclic) bond motifs is 5. The van der Waals surface area contributed by atoms with Gasteiger partial charge in [-0.25, -0.2) is 9.18 Å². The minimum atomic E-state index is -1.50. The molecule has 2 saturated carbocycles. The average molecular weight is 605 g/mol. The van der Waals surface area contributed by atoms with E-state index in [9.17, 15) is 19.8 Å². The van der Waals surface area contributed by atoms with Crippen molar-refractivity contribution in [3.8, 4) is 0 Å². The Morgan fingerprint density at radius 2 is 1.77 bits per heavy atom. The molecule has 2 saturated heterocycles. The Balaban J connectivity index is 1.75. The maximum absolute atomic E-state index is 16.9. The van der Waals surface area contributed by atoms with E-state index < -0.39 is 76.8 Å². The van der Waals surface area contributed by atoms with E-state index >= 15 is 4.39 Å². The number of aliphatic hydroxyl groups excluding tert-OH is 2. The molecular weight excluding hydrogens is 559 g/mol. The number of hydrogen-bond donors (Lipinski definition) is 2. The second kappa shape index (κ2) is 11.2. The molecule has 1 aromatic rings. The first-order valence-electron chi connectivity index (χ1n) is 15.1. The van der Waals surface area contributed by atoms with Gasteiger partial charge in [-0.2, -0.15) is 0 Å². The van der Waals surface area contributed by atoms with Gasteiger partial charge < -0.3 is 33.9 Å². The molecule has 0 unspecified atom stereocenters. The molecule has 2 heterocycles. The van der Waals surface area contributed by atoms with Crippen molar-refractivity contribution in [2.75, 3.05) is 13.2 Å². The summed E-state index contributed by atoms with van der Waals surface area (Å²) in [6, 6.07) is 8.57. The quantitative estimate of drug-likeness (QED) is 0.362. The van der Waals surface area contributed by atoms with Gasteiger partial charge in [0.15, 0.2) is 11.4 Å². The molecule has 1 aromatic carbocycles. The van der Waals surface area contributed by atoms with E-state index in [2.05, 4.69) is 0 Å². The molecule has 9 atom stereocenters. The number of alkyl halides is 1. The van der Waals surface area contributed by atoms with Gasteiger partial charge >= 0.3 is 11.9 Å². The standard InChI is InChI=1S/C33H45FO9/c1-18(21(37)13-14-35)25-26-28(43-31(5,6)42-26)32(7)23(34)15-24-33(17-39-24,41-19(2)36)27(32)22(16-30(25,3)4)40-29(38)20-11-9-8-10-12-20/h8-12,21-24,26-28,35,37H,13-17H2,1-7H3/b25-18-/t21-,22+,23+,24+,26+,27-,28+,32+,33-/m0/s1. The van der Waals surface area contributed by atoms with Crippen molar-refractivity contribution in [1.82, 2.24) is 0 Å². The summed E-state index contributed by atoms with van der Waals surface area (Å²) in [5.41, 5.74) is -1.77. The van der Waals surface area contributed by atoms with Crippen molar-refractivity contribution in [1.29, 1.82) is 0 Å². The molecule has 0 bridgehead atoms. The lowest BCUT2D eigenvalue weighted by atomic mass is 9.49. The Hall–Kier alpha value is -2.37. The number of benzene rings is 1. The van der Waals surface area contributed by atoms with Crippen molar-refractivity contribution in [3.05, 3.63) is 47.0 Å². The normalized spacial score (nSPS) is 39.5. The third-order valence-corrected chi connectivity index (χ3v) is 10.1. The minimum absolute atomic E-state index is 0.0304. The highest BCUT2D eigenvalue weighted by molar-refractivity contribution is 5.89. The van der Waals surface area contributed by atoms with E-state index in [0.717, 1.165) is 0 Å². The first-order valence-corrected chi connectivity index (χ1v) is 15.1. The van der Waals surface area contributed by atoms with Crippen LogP contribution in [0.25, 0.3) is 0 Å². The van der Waals surface area contributed by atoms with E-state index in [4.69, 9.17) is 23.7 Å². The van der Waals surface area contributed by atoms with Crippen LogP contribution in [0.15, 0.2) is 41.5 Å². The monoisotopic (exact) mass is 604 g/mol. The van der Waals surface area contributed by atoms with Crippen LogP contribution in [0, 0.1) is 16.7 Å². The molecule has 9 nitrogen and oxygen atoms in total. The lowest BCUT2D eigenvalue weighted by molar-refractivity contribution is -0.342. The molecule has 0 amide bonds. The molecule has 0 aromatic heterocycles. The predicted octanol–water partition coefficient (Wildman–Crippen LogP) is 4.29. The van der Waals surface area contributed by atoms with Crippen molar-refractivity contribution in [2.45, 2.75) is 116 Å². The summed E-state index contributed by atoms with van der Waals surface area (Å²) in [5, 5.41) is 20.7. The van der Waals surface area contributed by atoms with Crippen molar-refractivity contribution >= 4 is 11.9 Å². The number of carbonyl (C=O) groups excluding carboxylic acids is 2. The van der Waals surface area contributed by atoms with Crippen LogP contribution in [0.5, 0.6) is 0 Å². The van der Waals surface area contributed by atoms with E-state index in [1.54, 1.807) is 58.0 Å². The number of rotatable bonds is 6. The molecule has 2 N–H and O–H groups in total. The highest BCUT2D eigenvalue weighted by Crippen LogP contribution is 2.64. The van der Waals surface area contributed by atoms with Gasteiger partial charge in [0.25, 0.3) is 0 Å². The Morgan fingerprint density at radius 1 is 1.09 bits per heavy atom. The molecule has 238 valence electrons. The molecule has 0 radical (unpaired) electrons. The number of halogens is 1. The SMILES string of the molecule is CC(=O)O[C@@]12CO[C@@H]1C[C@@H](F)[C@@]1(C)[C@@H]3OC(C)(C)O[C@@H]3/C(=C(\C)[C@@H](O)CCO)C(C)(C)C[C@@H](OC(=O)c3ccccc3)[C@H]21. The fourth-order valence-corrected chi connectivity index (χ4v) is 8.29. The largest absolute Gasteiger partial charge is 0.458 e. The molecule has 4 aliphatic rings. The Morgan fingerprint density at radius 3 is 2.35 bits per heavy atom. The lowest BCUT2D eigenvalue weighted by Crippen LogP contribution is -2.78.